The van der Waals surface area contributed by atoms with Crippen LogP contribution in [0.25, 0.3) is 0 Å². The number of rotatable bonds is 5. The first-order chi connectivity index (χ1) is 15.7. The van der Waals surface area contributed by atoms with Gasteiger partial charge in [-0.05, 0) is 33.1 Å². The van der Waals surface area contributed by atoms with Crippen LogP contribution in [0, 0.1) is 5.92 Å². The van der Waals surface area contributed by atoms with Crippen molar-refractivity contribution in [2.24, 2.45) is 5.92 Å². The Morgan fingerprint density at radius 3 is 2.56 bits per heavy atom. The summed E-state index contributed by atoms with van der Waals surface area (Å²) in [5.41, 5.74) is -0.749. The number of alkyl halides is 3. The Morgan fingerprint density at radius 1 is 1.21 bits per heavy atom. The smallest absolute Gasteiger partial charge is 0.444 e. The molecule has 1 fully saturated rings. The molecule has 2 aliphatic heterocycles. The maximum Gasteiger partial charge on any atom is 0.451 e. The molecule has 3 amide bonds. The van der Waals surface area contributed by atoms with E-state index < -0.39 is 29.7 Å². The zero-order valence-electron chi connectivity index (χ0n) is 19.8. The van der Waals surface area contributed by atoms with E-state index in [1.807, 2.05) is 6.92 Å². The highest BCUT2D eigenvalue weighted by Gasteiger charge is 2.40. The number of ether oxygens (including phenoxy) is 1. The fourth-order valence-electron chi connectivity index (χ4n) is 4.10. The number of halogens is 3. The van der Waals surface area contributed by atoms with E-state index in [4.69, 9.17) is 4.74 Å². The molecule has 34 heavy (non-hydrogen) atoms. The molecule has 3 rings (SSSR count). The van der Waals surface area contributed by atoms with Crippen molar-refractivity contribution in [3.05, 3.63) is 11.6 Å². The van der Waals surface area contributed by atoms with E-state index in [0.717, 1.165) is 11.0 Å². The van der Waals surface area contributed by atoms with Crippen LogP contribution in [0.1, 0.15) is 58.6 Å². The fourth-order valence-corrected chi connectivity index (χ4v) is 4.10. The van der Waals surface area contributed by atoms with Gasteiger partial charge in [-0.15, -0.1) is 10.2 Å². The first-order valence-corrected chi connectivity index (χ1v) is 11.3. The van der Waals surface area contributed by atoms with Crippen LogP contribution in [0.2, 0.25) is 0 Å². The summed E-state index contributed by atoms with van der Waals surface area (Å²) in [5.74, 6) is -1.17. The molecular formula is C21H31F3N6O4. The van der Waals surface area contributed by atoms with Gasteiger partial charge in [0.05, 0.1) is 12.6 Å². The summed E-state index contributed by atoms with van der Waals surface area (Å²) < 4.78 is 45.5. The van der Waals surface area contributed by atoms with E-state index >= 15 is 0 Å². The number of nitrogens with one attached hydrogen (secondary N) is 1. The minimum atomic E-state index is -4.63. The molecule has 1 aromatic rings. The first-order valence-electron chi connectivity index (χ1n) is 11.3. The number of hydrogen-bond acceptors (Lipinski definition) is 6. The third-order valence-corrected chi connectivity index (χ3v) is 5.68. The lowest BCUT2D eigenvalue weighted by atomic mass is 9.99. The van der Waals surface area contributed by atoms with Crippen LogP contribution >= 0.6 is 0 Å². The second-order valence-electron chi connectivity index (χ2n) is 9.89. The summed E-state index contributed by atoms with van der Waals surface area (Å²) in [6.45, 7) is 7.65. The predicted molar refractivity (Wildman–Crippen MR) is 113 cm³/mol. The Kier molecular flexibility index (Phi) is 7.41. The monoisotopic (exact) mass is 488 g/mol. The van der Waals surface area contributed by atoms with E-state index in [-0.39, 0.29) is 50.2 Å². The van der Waals surface area contributed by atoms with Gasteiger partial charge < -0.3 is 24.4 Å². The van der Waals surface area contributed by atoms with E-state index in [0.29, 0.717) is 18.9 Å². The summed E-state index contributed by atoms with van der Waals surface area (Å²) >= 11 is 0. The van der Waals surface area contributed by atoms with Gasteiger partial charge in [0.2, 0.25) is 17.6 Å². The Labute approximate surface area is 195 Å². The number of hydrogen-bond donors (Lipinski definition) is 1. The van der Waals surface area contributed by atoms with Gasteiger partial charge in [0.15, 0.2) is 5.82 Å². The van der Waals surface area contributed by atoms with Gasteiger partial charge >= 0.3 is 12.3 Å². The summed E-state index contributed by atoms with van der Waals surface area (Å²) in [6.07, 6.45) is -4.30. The summed E-state index contributed by atoms with van der Waals surface area (Å²) in [6, 6.07) is -0.720. The second-order valence-corrected chi connectivity index (χ2v) is 9.89. The lowest BCUT2D eigenvalue weighted by Gasteiger charge is -2.35. The first kappa shape index (κ1) is 25.8. The zero-order valence-corrected chi connectivity index (χ0v) is 19.8. The molecule has 2 aliphatic rings. The van der Waals surface area contributed by atoms with Gasteiger partial charge in [-0.1, -0.05) is 6.92 Å². The van der Waals surface area contributed by atoms with E-state index in [9.17, 15) is 27.6 Å². The van der Waals surface area contributed by atoms with Crippen molar-refractivity contribution in [3.8, 4) is 0 Å². The number of carbonyl (C=O) groups excluding carboxylic acids is 3. The molecule has 190 valence electrons. The van der Waals surface area contributed by atoms with Crippen molar-refractivity contribution >= 4 is 17.9 Å². The molecule has 0 radical (unpaired) electrons. The number of alkyl carbamates (subject to hydrolysis) is 1. The van der Waals surface area contributed by atoms with Gasteiger partial charge in [-0.2, -0.15) is 13.2 Å². The highest BCUT2D eigenvalue weighted by atomic mass is 19.4. The SMILES string of the molecule is C[C@@H]1CCC(=O)N(CC(CC(=O)N2CCn3c(nnc3C(F)(F)F)C2)NC(=O)OC(C)(C)C)C1. The van der Waals surface area contributed by atoms with Crippen molar-refractivity contribution in [3.63, 3.8) is 0 Å². The molecule has 0 bridgehead atoms. The van der Waals surface area contributed by atoms with Crippen molar-refractivity contribution in [1.82, 2.24) is 29.9 Å². The average molecular weight is 489 g/mol. The normalized spacial score (nSPS) is 20.1. The molecule has 10 nitrogen and oxygen atoms in total. The molecule has 2 atom stereocenters. The minimum Gasteiger partial charge on any atom is -0.444 e. The molecule has 1 unspecified atom stereocenters. The molecule has 0 saturated carbocycles. The zero-order chi connectivity index (χ0) is 25.3. The topological polar surface area (TPSA) is 110 Å². The number of aromatic nitrogens is 3. The summed E-state index contributed by atoms with van der Waals surface area (Å²) in [5, 5.41) is 9.50. The number of fused-ring (bicyclic) bond motifs is 1. The summed E-state index contributed by atoms with van der Waals surface area (Å²) in [7, 11) is 0. The minimum absolute atomic E-state index is 0.0450. The van der Waals surface area contributed by atoms with E-state index in [1.165, 1.54) is 4.90 Å². The van der Waals surface area contributed by atoms with Crippen LogP contribution in [0.5, 0.6) is 0 Å². The summed E-state index contributed by atoms with van der Waals surface area (Å²) in [4.78, 5) is 40.8. The van der Waals surface area contributed by atoms with Gasteiger partial charge in [0.1, 0.15) is 5.60 Å². The maximum absolute atomic E-state index is 13.1. The lowest BCUT2D eigenvalue weighted by Crippen LogP contribution is -2.51. The Bertz CT molecular complexity index is 927. The van der Waals surface area contributed by atoms with Crippen LogP contribution in [0.3, 0.4) is 0 Å². The largest absolute Gasteiger partial charge is 0.451 e. The van der Waals surface area contributed by atoms with Crippen LogP contribution in [0.4, 0.5) is 18.0 Å². The average Bonchev–Trinajstić information content (AvgIpc) is 3.12. The highest BCUT2D eigenvalue weighted by Crippen LogP contribution is 2.29. The Hall–Kier alpha value is -2.86. The second kappa shape index (κ2) is 9.79. The van der Waals surface area contributed by atoms with Gasteiger partial charge in [-0.3, -0.25) is 9.59 Å². The molecule has 1 saturated heterocycles. The quantitative estimate of drug-likeness (QED) is 0.681. The maximum atomic E-state index is 13.1. The van der Waals surface area contributed by atoms with E-state index in [2.05, 4.69) is 15.5 Å². The van der Waals surface area contributed by atoms with Gasteiger partial charge in [0, 0.05) is 39.0 Å². The molecule has 1 aromatic heterocycles. The molecule has 0 spiro atoms. The molecule has 0 aliphatic carbocycles. The van der Waals surface area contributed by atoms with Crippen LogP contribution in [-0.2, 0) is 33.6 Å². The van der Waals surface area contributed by atoms with Crippen LogP contribution in [-0.4, -0.2) is 73.7 Å². The molecular weight excluding hydrogens is 457 g/mol. The van der Waals surface area contributed by atoms with Crippen LogP contribution < -0.4 is 5.32 Å². The van der Waals surface area contributed by atoms with Gasteiger partial charge in [-0.25, -0.2) is 4.79 Å². The van der Waals surface area contributed by atoms with Crippen molar-refractivity contribution in [1.29, 1.82) is 0 Å². The van der Waals surface area contributed by atoms with Crippen LogP contribution in [0.15, 0.2) is 0 Å². The highest BCUT2D eigenvalue weighted by molar-refractivity contribution is 5.79. The van der Waals surface area contributed by atoms with Crippen molar-refractivity contribution < 1.29 is 32.3 Å². The molecule has 0 aromatic carbocycles. The molecule has 3 heterocycles. The molecule has 13 heteroatoms. The Morgan fingerprint density at radius 2 is 1.91 bits per heavy atom. The number of carbonyl (C=O) groups is 3. The molecule has 1 N–H and O–H groups in total. The van der Waals surface area contributed by atoms with E-state index in [1.54, 1.807) is 25.7 Å². The number of piperidine rings is 1. The number of amides is 3. The van der Waals surface area contributed by atoms with Crippen molar-refractivity contribution in [2.45, 2.75) is 77.9 Å². The standard InChI is InChI=1S/C21H31F3N6O4/c1-13-5-6-16(31)29(10-13)11-14(25-19(33)34-20(2,3)4)9-17(32)28-7-8-30-15(12-28)26-27-18(30)21(22,23)24/h13-14H,5-12H2,1-4H3,(H,25,33)/t13-,14?/m1/s1. The van der Waals surface area contributed by atoms with Gasteiger partial charge in [0.25, 0.3) is 0 Å². The number of likely N-dealkylation sites (tertiary alicyclic amines) is 1. The van der Waals surface area contributed by atoms with Crippen molar-refractivity contribution in [2.75, 3.05) is 19.6 Å². The number of nitrogens with zero attached hydrogens (tertiary/aromatic N) is 5. The third kappa shape index (κ3) is 6.60. The Balaban J connectivity index is 1.69. The predicted octanol–water partition coefficient (Wildman–Crippen LogP) is 2.18. The third-order valence-electron chi connectivity index (χ3n) is 5.68. The fraction of sp³-hybridized carbons (Fsp3) is 0.762. The lowest BCUT2D eigenvalue weighted by molar-refractivity contribution is -0.148.